The molecule has 0 aliphatic rings. The third kappa shape index (κ3) is 5.70. The van der Waals surface area contributed by atoms with Gasteiger partial charge < -0.3 is 5.11 Å². The summed E-state index contributed by atoms with van der Waals surface area (Å²) >= 11 is 0. The highest BCUT2D eigenvalue weighted by atomic mass is 19.4. The molecule has 0 aliphatic carbocycles. The first-order valence-electron chi connectivity index (χ1n) is 10.5. The van der Waals surface area contributed by atoms with Crippen molar-refractivity contribution < 1.29 is 23.1 Å². The first-order chi connectivity index (χ1) is 16.0. The number of halogens is 3. The van der Waals surface area contributed by atoms with Gasteiger partial charge in [0.25, 0.3) is 0 Å². The Morgan fingerprint density at radius 1 is 1.09 bits per heavy atom. The van der Waals surface area contributed by atoms with Gasteiger partial charge in [0.2, 0.25) is 0 Å². The third-order valence-corrected chi connectivity index (χ3v) is 5.66. The van der Waals surface area contributed by atoms with Crippen LogP contribution in [-0.4, -0.2) is 16.5 Å². The number of Topliss-reactive ketones (excluding diaryl/α,β-unsaturated/α-hetero) is 1. The molecule has 0 aliphatic heterocycles. The van der Waals surface area contributed by atoms with Crippen LogP contribution < -0.4 is 0 Å². The third-order valence-electron chi connectivity index (χ3n) is 5.66. The normalized spacial score (nSPS) is 12.9. The van der Waals surface area contributed by atoms with Crippen molar-refractivity contribution in [1.29, 1.82) is 5.26 Å². The zero-order chi connectivity index (χ0) is 24.9. The second kappa shape index (κ2) is 9.91. The van der Waals surface area contributed by atoms with E-state index in [0.717, 1.165) is 28.8 Å². The molecule has 0 radical (unpaired) electrons. The van der Waals surface area contributed by atoms with Crippen LogP contribution >= 0.6 is 0 Å². The van der Waals surface area contributed by atoms with Crippen LogP contribution in [0.1, 0.15) is 35.6 Å². The predicted molar refractivity (Wildman–Crippen MR) is 122 cm³/mol. The summed E-state index contributed by atoms with van der Waals surface area (Å²) < 4.78 is 39.7. The fourth-order valence-electron chi connectivity index (χ4n) is 3.66. The average Bonchev–Trinajstić information content (AvgIpc) is 2.82. The standard InChI is InChI=1S/C27H21F3N2O2/c1-26(34,25(33)16-18-9-11-24(32-2)23(15-18)27(28,29)30)13-12-21-10-8-19(17-31)14-22(21)20-6-4-3-5-7-20/h3-11,14-15,34H,12-13,16H2,1H3/t26-/m0/s1. The summed E-state index contributed by atoms with van der Waals surface area (Å²) in [5.41, 5.74) is -0.324. The lowest BCUT2D eigenvalue weighted by Crippen LogP contribution is -2.37. The number of carbonyl (C=O) groups is 1. The minimum absolute atomic E-state index is 0.0455. The van der Waals surface area contributed by atoms with E-state index >= 15 is 0 Å². The van der Waals surface area contributed by atoms with Crippen LogP contribution in [0.15, 0.2) is 66.7 Å². The zero-order valence-electron chi connectivity index (χ0n) is 18.4. The van der Waals surface area contributed by atoms with Gasteiger partial charge in [-0.15, -0.1) is 0 Å². The molecular formula is C27H21F3N2O2. The van der Waals surface area contributed by atoms with Gasteiger partial charge in [-0.05, 0) is 54.2 Å². The van der Waals surface area contributed by atoms with Crippen molar-refractivity contribution in [3.8, 4) is 17.2 Å². The highest BCUT2D eigenvalue weighted by Crippen LogP contribution is 2.37. The summed E-state index contributed by atoms with van der Waals surface area (Å²) in [7, 11) is 0. The number of aliphatic hydroxyl groups is 1. The Labute approximate surface area is 195 Å². The van der Waals surface area contributed by atoms with E-state index in [4.69, 9.17) is 6.57 Å². The Kier molecular flexibility index (Phi) is 7.20. The minimum Gasteiger partial charge on any atom is -0.382 e. The van der Waals surface area contributed by atoms with Crippen molar-refractivity contribution in [3.63, 3.8) is 0 Å². The molecule has 0 heterocycles. The number of benzene rings is 3. The number of carbonyl (C=O) groups excluding carboxylic acids is 1. The second-order valence-corrected chi connectivity index (χ2v) is 8.18. The van der Waals surface area contributed by atoms with E-state index in [1.165, 1.54) is 13.0 Å². The topological polar surface area (TPSA) is 65.4 Å². The van der Waals surface area contributed by atoms with Gasteiger partial charge >= 0.3 is 6.18 Å². The van der Waals surface area contributed by atoms with Crippen LogP contribution in [0.3, 0.4) is 0 Å². The van der Waals surface area contributed by atoms with Gasteiger partial charge in [0.05, 0.1) is 23.8 Å². The molecule has 0 fully saturated rings. The largest absolute Gasteiger partial charge is 0.407 e. The van der Waals surface area contributed by atoms with Gasteiger partial charge in [0.1, 0.15) is 5.60 Å². The van der Waals surface area contributed by atoms with Crippen molar-refractivity contribution in [1.82, 2.24) is 0 Å². The molecule has 0 unspecified atom stereocenters. The molecule has 0 bridgehead atoms. The molecule has 172 valence electrons. The van der Waals surface area contributed by atoms with Gasteiger partial charge in [-0.3, -0.25) is 4.79 Å². The van der Waals surface area contributed by atoms with E-state index < -0.39 is 35.2 Å². The maximum absolute atomic E-state index is 13.2. The fourth-order valence-corrected chi connectivity index (χ4v) is 3.66. The Bertz CT molecular complexity index is 1280. The zero-order valence-corrected chi connectivity index (χ0v) is 18.4. The molecule has 7 heteroatoms. The first kappa shape index (κ1) is 24.7. The first-order valence-corrected chi connectivity index (χ1v) is 10.5. The Morgan fingerprint density at radius 2 is 1.79 bits per heavy atom. The molecule has 4 nitrogen and oxygen atoms in total. The average molecular weight is 462 g/mol. The van der Waals surface area contributed by atoms with Crippen LogP contribution in [0.5, 0.6) is 0 Å². The summed E-state index contributed by atoms with van der Waals surface area (Å²) in [5, 5.41) is 20.1. The van der Waals surface area contributed by atoms with Gasteiger partial charge in [0.15, 0.2) is 11.5 Å². The maximum atomic E-state index is 13.2. The number of rotatable bonds is 7. The summed E-state index contributed by atoms with van der Waals surface area (Å²) in [6.45, 7) is 8.26. The van der Waals surface area contributed by atoms with Crippen molar-refractivity contribution in [2.45, 2.75) is 38.0 Å². The number of alkyl halides is 3. The molecule has 1 N–H and O–H groups in total. The van der Waals surface area contributed by atoms with Crippen LogP contribution in [0.4, 0.5) is 18.9 Å². The molecule has 3 aromatic rings. The van der Waals surface area contributed by atoms with Crippen molar-refractivity contribution in [2.24, 2.45) is 0 Å². The number of nitrogens with zero attached hydrogens (tertiary/aromatic N) is 2. The SMILES string of the molecule is [C-]#[N+]c1ccc(CC(=O)[C@@](C)(O)CCc2ccc(C#N)cc2-c2ccccc2)cc1C(F)(F)F. The maximum Gasteiger partial charge on any atom is 0.407 e. The van der Waals surface area contributed by atoms with E-state index in [-0.39, 0.29) is 12.0 Å². The lowest BCUT2D eigenvalue weighted by Gasteiger charge is -2.23. The number of ketones is 1. The lowest BCUT2D eigenvalue weighted by atomic mass is 9.87. The van der Waals surface area contributed by atoms with E-state index in [1.54, 1.807) is 18.2 Å². The highest BCUT2D eigenvalue weighted by Gasteiger charge is 2.35. The summed E-state index contributed by atoms with van der Waals surface area (Å²) in [6, 6.07) is 19.8. The summed E-state index contributed by atoms with van der Waals surface area (Å²) in [6.07, 6.45) is -4.75. The van der Waals surface area contributed by atoms with Crippen LogP contribution in [-0.2, 0) is 23.8 Å². The smallest absolute Gasteiger partial charge is 0.382 e. The van der Waals surface area contributed by atoms with Crippen molar-refractivity contribution >= 4 is 11.5 Å². The second-order valence-electron chi connectivity index (χ2n) is 8.18. The van der Waals surface area contributed by atoms with E-state index in [1.807, 2.05) is 30.3 Å². The van der Waals surface area contributed by atoms with Gasteiger partial charge in [-0.1, -0.05) is 54.6 Å². The number of hydrogen-bond donors (Lipinski definition) is 1. The molecule has 0 aromatic heterocycles. The molecule has 0 saturated heterocycles. The van der Waals surface area contributed by atoms with Crippen molar-refractivity contribution in [2.75, 3.05) is 0 Å². The number of hydrogen-bond acceptors (Lipinski definition) is 3. The number of aryl methyl sites for hydroxylation is 1. The van der Waals surface area contributed by atoms with Crippen LogP contribution in [0, 0.1) is 17.9 Å². The molecule has 0 spiro atoms. The van der Waals surface area contributed by atoms with Crippen LogP contribution in [0.25, 0.3) is 16.0 Å². The van der Waals surface area contributed by atoms with E-state index in [9.17, 15) is 28.3 Å². The van der Waals surface area contributed by atoms with E-state index in [2.05, 4.69) is 10.9 Å². The predicted octanol–water partition coefficient (Wildman–Crippen LogP) is 6.29. The van der Waals surface area contributed by atoms with Gasteiger partial charge in [-0.2, -0.15) is 18.4 Å². The highest BCUT2D eigenvalue weighted by molar-refractivity contribution is 5.88. The Hall–Kier alpha value is -3.94. The molecule has 1 atom stereocenters. The minimum atomic E-state index is -4.72. The molecule has 3 aromatic carbocycles. The van der Waals surface area contributed by atoms with Gasteiger partial charge in [-0.25, -0.2) is 4.85 Å². The quantitative estimate of drug-likeness (QED) is 0.420. The molecule has 0 amide bonds. The lowest BCUT2D eigenvalue weighted by molar-refractivity contribution is -0.137. The molecular weight excluding hydrogens is 441 g/mol. The van der Waals surface area contributed by atoms with Crippen LogP contribution in [0.2, 0.25) is 0 Å². The van der Waals surface area contributed by atoms with E-state index in [0.29, 0.717) is 12.0 Å². The van der Waals surface area contributed by atoms with Crippen molar-refractivity contribution in [3.05, 3.63) is 100 Å². The fraction of sp³-hybridized carbons (Fsp3) is 0.222. The monoisotopic (exact) mass is 462 g/mol. The Balaban J connectivity index is 1.80. The summed E-state index contributed by atoms with van der Waals surface area (Å²) in [4.78, 5) is 15.7. The van der Waals surface area contributed by atoms with Gasteiger partial charge in [0, 0.05) is 6.42 Å². The Morgan fingerprint density at radius 3 is 2.41 bits per heavy atom. The molecule has 3 rings (SSSR count). The number of nitriles is 1. The molecule has 0 saturated carbocycles. The molecule has 34 heavy (non-hydrogen) atoms. The summed E-state index contributed by atoms with van der Waals surface area (Å²) in [5.74, 6) is -0.619.